The lowest BCUT2D eigenvalue weighted by atomic mass is 9.92. The molecule has 12 rings (SSSR count). The summed E-state index contributed by atoms with van der Waals surface area (Å²) in [6.07, 6.45) is 0. The molecule has 0 atom stereocenters. The second kappa shape index (κ2) is 19.5. The third-order valence-corrected chi connectivity index (χ3v) is 14.4. The SMILES string of the molecule is Oc1c(Br)cc2ccccc2c1-c1c(O)c(Br)cc2ccccc12.Oc1c(Cl)cc2ccccc2c1-c1c(O)c(Cl)cc2ccccc12.Oc1c(F)cc2ccccc2c1-c1c(O)c(F)cc2ccccc12. The molecule has 72 heavy (non-hydrogen) atoms. The molecule has 0 heterocycles. The highest BCUT2D eigenvalue weighted by Crippen LogP contribution is 2.52. The van der Waals surface area contributed by atoms with Gasteiger partial charge in [-0.05, 0) is 133 Å². The van der Waals surface area contributed by atoms with E-state index in [-0.39, 0.29) is 44.2 Å². The van der Waals surface area contributed by atoms with Gasteiger partial charge in [0.25, 0.3) is 0 Å². The Kier molecular flexibility index (Phi) is 13.0. The van der Waals surface area contributed by atoms with E-state index in [1.54, 1.807) is 60.7 Å². The maximum Gasteiger partial charge on any atom is 0.166 e. The van der Waals surface area contributed by atoms with Crippen LogP contribution in [-0.4, -0.2) is 30.6 Å². The van der Waals surface area contributed by atoms with Gasteiger partial charge in [0.15, 0.2) is 23.1 Å². The fourth-order valence-electron chi connectivity index (χ4n) is 9.33. The van der Waals surface area contributed by atoms with Gasteiger partial charge in [0.1, 0.15) is 23.0 Å². The molecule has 0 aliphatic rings. The normalized spacial score (nSPS) is 11.2. The molecule has 6 N–H and O–H groups in total. The van der Waals surface area contributed by atoms with Crippen LogP contribution in [0.25, 0.3) is 98.0 Å². The predicted molar refractivity (Wildman–Crippen MR) is 296 cm³/mol. The van der Waals surface area contributed by atoms with Crippen LogP contribution in [0.3, 0.4) is 0 Å². The molecule has 0 aromatic heterocycles. The van der Waals surface area contributed by atoms with Crippen LogP contribution in [0.1, 0.15) is 0 Å². The predicted octanol–water partition coefficient (Wildman–Crippen LogP) is 18.3. The minimum absolute atomic E-state index is 0.0712. The Morgan fingerprint density at radius 2 is 0.486 bits per heavy atom. The Morgan fingerprint density at radius 3 is 0.764 bits per heavy atom. The van der Waals surface area contributed by atoms with Gasteiger partial charge in [-0.1, -0.05) is 169 Å². The second-order valence-corrected chi connectivity index (χ2v) is 19.3. The second-order valence-electron chi connectivity index (χ2n) is 16.8. The highest BCUT2D eigenvalue weighted by atomic mass is 79.9. The lowest BCUT2D eigenvalue weighted by Crippen LogP contribution is -1.91. The van der Waals surface area contributed by atoms with Crippen LogP contribution in [0.15, 0.2) is 191 Å². The lowest BCUT2D eigenvalue weighted by Gasteiger charge is -2.16. The van der Waals surface area contributed by atoms with Gasteiger partial charge in [0.05, 0.1) is 19.0 Å². The van der Waals surface area contributed by atoms with E-state index >= 15 is 0 Å². The minimum atomic E-state index is -0.823. The van der Waals surface area contributed by atoms with Gasteiger partial charge >= 0.3 is 0 Å². The van der Waals surface area contributed by atoms with E-state index in [1.165, 1.54) is 12.1 Å². The summed E-state index contributed by atoms with van der Waals surface area (Å²) >= 11 is 19.3. The highest BCUT2D eigenvalue weighted by molar-refractivity contribution is 9.11. The Balaban J connectivity index is 0.000000124. The van der Waals surface area contributed by atoms with E-state index in [0.717, 1.165) is 43.1 Å². The molecule has 0 fully saturated rings. The summed E-state index contributed by atoms with van der Waals surface area (Å²) in [5.74, 6) is -2.77. The van der Waals surface area contributed by atoms with Crippen molar-refractivity contribution >= 4 is 120 Å². The quantitative estimate of drug-likeness (QED) is 0.105. The fourth-order valence-corrected chi connectivity index (χ4v) is 10.6. The first-order chi connectivity index (χ1) is 34.7. The Labute approximate surface area is 436 Å². The van der Waals surface area contributed by atoms with Crippen molar-refractivity contribution in [3.8, 4) is 67.9 Å². The molecule has 0 saturated heterocycles. The van der Waals surface area contributed by atoms with Crippen LogP contribution in [0, 0.1) is 11.6 Å². The number of phenols is 6. The van der Waals surface area contributed by atoms with Crippen LogP contribution in [-0.2, 0) is 0 Å². The van der Waals surface area contributed by atoms with E-state index in [2.05, 4.69) is 31.9 Å². The average molecular weight is 1120 g/mol. The number of benzene rings is 12. The van der Waals surface area contributed by atoms with Crippen LogP contribution in [0.5, 0.6) is 34.5 Å². The van der Waals surface area contributed by atoms with Gasteiger partial charge in [-0.2, -0.15) is 0 Å². The molecule has 354 valence electrons. The summed E-state index contributed by atoms with van der Waals surface area (Å²) < 4.78 is 29.6. The third kappa shape index (κ3) is 8.50. The molecule has 0 amide bonds. The summed E-state index contributed by atoms with van der Waals surface area (Å²) in [6, 6.07) is 54.1. The largest absolute Gasteiger partial charge is 0.506 e. The molecule has 12 aromatic carbocycles. The van der Waals surface area contributed by atoms with Crippen molar-refractivity contribution in [1.82, 2.24) is 0 Å². The molecule has 12 aromatic rings. The monoisotopic (exact) mass is 1120 g/mol. The number of hydrogen-bond donors (Lipinski definition) is 6. The van der Waals surface area contributed by atoms with Crippen molar-refractivity contribution in [3.63, 3.8) is 0 Å². The number of fused-ring (bicyclic) bond motifs is 6. The number of phenolic OH excluding ortho intramolecular Hbond substituents is 6. The molecule has 0 aliphatic heterocycles. The molecule has 6 nitrogen and oxygen atoms in total. The smallest absolute Gasteiger partial charge is 0.166 e. The molecule has 0 saturated carbocycles. The minimum Gasteiger partial charge on any atom is -0.506 e. The lowest BCUT2D eigenvalue weighted by molar-refractivity contribution is 0.428. The van der Waals surface area contributed by atoms with Gasteiger partial charge in [-0.25, -0.2) is 8.78 Å². The maximum absolute atomic E-state index is 14.2. The van der Waals surface area contributed by atoms with E-state index in [0.29, 0.717) is 52.7 Å². The first kappa shape index (κ1) is 48.0. The van der Waals surface area contributed by atoms with E-state index < -0.39 is 23.1 Å². The standard InChI is InChI=1S/C20H12Br2O2.C20H12Cl2O2.C20H12F2O2/c3*21-15-9-11-5-1-3-7-13(11)17(19(15)23)18-14-8-4-2-6-12(14)10-16(22)20(18)24/h3*1-10,23-24H. The van der Waals surface area contributed by atoms with Crippen LogP contribution < -0.4 is 0 Å². The number of hydrogen-bond acceptors (Lipinski definition) is 6. The summed E-state index contributed by atoms with van der Waals surface area (Å²) in [7, 11) is 0. The van der Waals surface area contributed by atoms with Gasteiger partial charge < -0.3 is 30.6 Å². The zero-order chi connectivity index (χ0) is 50.5. The summed E-state index contributed by atoms with van der Waals surface area (Å²) in [5, 5.41) is 73.1. The van der Waals surface area contributed by atoms with Crippen molar-refractivity contribution in [2.75, 3.05) is 0 Å². The topological polar surface area (TPSA) is 121 Å². The zero-order valence-corrected chi connectivity index (χ0v) is 42.0. The fraction of sp³-hybridized carbons (Fsp3) is 0. The highest BCUT2D eigenvalue weighted by Gasteiger charge is 2.24. The van der Waals surface area contributed by atoms with Crippen LogP contribution in [0.4, 0.5) is 8.78 Å². The Morgan fingerprint density at radius 1 is 0.278 bits per heavy atom. The molecule has 0 bridgehead atoms. The molecular formula is C60H36Br2Cl2F2O6. The average Bonchev–Trinajstić information content (AvgIpc) is 3.38. The number of halogens is 6. The number of aromatic hydroxyl groups is 6. The molecule has 0 aliphatic carbocycles. The molecular weight excluding hydrogens is 1090 g/mol. The summed E-state index contributed by atoms with van der Waals surface area (Å²) in [6.45, 7) is 0. The summed E-state index contributed by atoms with van der Waals surface area (Å²) in [5.41, 5.74) is 2.37. The van der Waals surface area contributed by atoms with Crippen molar-refractivity contribution < 1.29 is 39.4 Å². The first-order valence-corrected chi connectivity index (χ1v) is 24.5. The third-order valence-electron chi connectivity index (χ3n) is 12.6. The van der Waals surface area contributed by atoms with Crippen LogP contribution in [0.2, 0.25) is 10.0 Å². The molecule has 0 unspecified atom stereocenters. The molecule has 0 radical (unpaired) electrons. The van der Waals surface area contributed by atoms with Crippen LogP contribution >= 0.6 is 55.1 Å². The van der Waals surface area contributed by atoms with Crippen molar-refractivity contribution in [1.29, 1.82) is 0 Å². The Bertz CT molecular complexity index is 3480. The van der Waals surface area contributed by atoms with E-state index in [1.807, 2.05) is 109 Å². The van der Waals surface area contributed by atoms with Crippen molar-refractivity contribution in [3.05, 3.63) is 213 Å². The van der Waals surface area contributed by atoms with Gasteiger partial charge in [0.2, 0.25) is 0 Å². The van der Waals surface area contributed by atoms with Crippen molar-refractivity contribution in [2.45, 2.75) is 0 Å². The molecule has 12 heteroatoms. The molecule has 0 spiro atoms. The van der Waals surface area contributed by atoms with Gasteiger partial charge in [0, 0.05) is 33.4 Å². The first-order valence-electron chi connectivity index (χ1n) is 22.2. The van der Waals surface area contributed by atoms with Crippen molar-refractivity contribution in [2.24, 2.45) is 0 Å². The Hall–Kier alpha value is -7.60. The van der Waals surface area contributed by atoms with Gasteiger partial charge in [-0.15, -0.1) is 0 Å². The van der Waals surface area contributed by atoms with Gasteiger partial charge in [-0.3, -0.25) is 0 Å². The maximum atomic E-state index is 14.2. The van der Waals surface area contributed by atoms with E-state index in [9.17, 15) is 39.4 Å². The number of rotatable bonds is 3. The summed E-state index contributed by atoms with van der Waals surface area (Å²) in [4.78, 5) is 0. The zero-order valence-electron chi connectivity index (χ0n) is 37.3. The van der Waals surface area contributed by atoms with E-state index in [4.69, 9.17) is 23.2 Å².